The van der Waals surface area contributed by atoms with Crippen molar-refractivity contribution in [3.8, 4) is 11.4 Å². The van der Waals surface area contributed by atoms with Crippen LogP contribution in [0, 0.1) is 0 Å². The number of fused-ring (bicyclic) bond motifs is 6. The Labute approximate surface area is 321 Å². The summed E-state index contributed by atoms with van der Waals surface area (Å²) in [7, 11) is 0. The second-order valence-electron chi connectivity index (χ2n) is 14.9. The summed E-state index contributed by atoms with van der Waals surface area (Å²) in [6.07, 6.45) is 0. The maximum Gasteiger partial charge on any atom is 0.157 e. The zero-order valence-electron chi connectivity index (χ0n) is 31.1. The monoisotopic (exact) mass is 709 g/mol. The predicted octanol–water partition coefficient (Wildman–Crippen LogP) is 13.2. The molecule has 0 bridgehead atoms. The number of benzene rings is 7. The first kappa shape index (κ1) is 32.7. The van der Waals surface area contributed by atoms with Crippen LogP contribution in [0.3, 0.4) is 0 Å². The van der Waals surface area contributed by atoms with Crippen molar-refractivity contribution in [2.75, 3.05) is 4.90 Å². The minimum atomic E-state index is -0.245. The minimum absolute atomic E-state index is 0.245. The molecule has 0 spiro atoms. The van der Waals surface area contributed by atoms with Gasteiger partial charge in [0.1, 0.15) is 11.5 Å². The zero-order chi connectivity index (χ0) is 37.3. The summed E-state index contributed by atoms with van der Waals surface area (Å²) in [6, 6.07) is 60.1. The smallest absolute Gasteiger partial charge is 0.157 e. The first-order valence-electron chi connectivity index (χ1n) is 18.8. The third-order valence-electron chi connectivity index (χ3n) is 11.3. The zero-order valence-corrected chi connectivity index (χ0v) is 31.1. The van der Waals surface area contributed by atoms with Crippen LogP contribution < -0.4 is 9.64 Å². The fourth-order valence-corrected chi connectivity index (χ4v) is 8.52. The van der Waals surface area contributed by atoms with E-state index in [1.807, 2.05) is 36.4 Å². The number of allylic oxidation sites excluding steroid dienone is 2. The summed E-state index contributed by atoms with van der Waals surface area (Å²) in [5.41, 5.74) is 14.7. The van der Waals surface area contributed by atoms with E-state index in [4.69, 9.17) is 9.73 Å². The molecule has 0 atom stereocenters. The van der Waals surface area contributed by atoms with E-state index in [1.165, 1.54) is 33.3 Å². The van der Waals surface area contributed by atoms with E-state index in [2.05, 4.69) is 170 Å². The van der Waals surface area contributed by atoms with Gasteiger partial charge in [-0.3, -0.25) is 0 Å². The van der Waals surface area contributed by atoms with Crippen molar-refractivity contribution in [1.82, 2.24) is 4.57 Å². The predicted molar refractivity (Wildman–Crippen MR) is 229 cm³/mol. The fourth-order valence-electron chi connectivity index (χ4n) is 8.52. The highest BCUT2D eigenvalue weighted by Crippen LogP contribution is 2.53. The average Bonchev–Trinajstić information content (AvgIpc) is 3.75. The van der Waals surface area contributed by atoms with Gasteiger partial charge in [-0.15, -0.1) is 0 Å². The summed E-state index contributed by atoms with van der Waals surface area (Å²) in [5, 5.41) is 2.41. The van der Waals surface area contributed by atoms with Gasteiger partial charge in [0.15, 0.2) is 5.76 Å². The third-order valence-corrected chi connectivity index (χ3v) is 11.3. The SMILES string of the molecule is C=C(N=C1/C(=C(\C)c2ccccc2)Oc2ccc(-n3c4ccccc4c4cc5c(cc43)C(C)(C)c3ccccc3N5c3ccccc3)cc21)c1ccccc1. The van der Waals surface area contributed by atoms with E-state index in [-0.39, 0.29) is 5.41 Å². The van der Waals surface area contributed by atoms with Crippen molar-refractivity contribution in [2.24, 2.45) is 4.99 Å². The van der Waals surface area contributed by atoms with Crippen molar-refractivity contribution < 1.29 is 4.74 Å². The maximum absolute atomic E-state index is 6.70. The first-order chi connectivity index (χ1) is 26.9. The van der Waals surface area contributed by atoms with Gasteiger partial charge in [0.2, 0.25) is 0 Å². The highest BCUT2D eigenvalue weighted by molar-refractivity contribution is 6.21. The second kappa shape index (κ2) is 12.6. The molecule has 4 nitrogen and oxygen atoms in total. The van der Waals surface area contributed by atoms with Crippen LogP contribution in [0.5, 0.6) is 5.75 Å². The molecule has 0 fully saturated rings. The summed E-state index contributed by atoms with van der Waals surface area (Å²) in [5.74, 6) is 1.52. The number of anilines is 3. The van der Waals surface area contributed by atoms with E-state index >= 15 is 0 Å². The van der Waals surface area contributed by atoms with E-state index in [9.17, 15) is 0 Å². The average molecular weight is 710 g/mol. The number of aromatic nitrogens is 1. The molecule has 55 heavy (non-hydrogen) atoms. The molecule has 0 saturated heterocycles. The van der Waals surface area contributed by atoms with Crippen LogP contribution >= 0.6 is 0 Å². The Morgan fingerprint density at radius 2 is 1.24 bits per heavy atom. The molecule has 0 radical (unpaired) electrons. The number of para-hydroxylation sites is 3. The molecule has 0 unspecified atom stereocenters. The Kier molecular flexibility index (Phi) is 7.50. The van der Waals surface area contributed by atoms with Gasteiger partial charge in [-0.25, -0.2) is 4.99 Å². The molecular weight excluding hydrogens is 671 g/mol. The van der Waals surface area contributed by atoms with Crippen LogP contribution in [0.2, 0.25) is 0 Å². The number of rotatable bonds is 5. The number of aliphatic imine (C=N–C) groups is 1. The van der Waals surface area contributed by atoms with Gasteiger partial charge in [-0.1, -0.05) is 136 Å². The normalized spacial score (nSPS) is 15.8. The van der Waals surface area contributed by atoms with Gasteiger partial charge in [-0.2, -0.15) is 0 Å². The Morgan fingerprint density at radius 1 is 0.582 bits per heavy atom. The maximum atomic E-state index is 6.70. The number of hydrogen-bond acceptors (Lipinski definition) is 3. The Hall–Kier alpha value is -6.91. The van der Waals surface area contributed by atoms with Gasteiger partial charge in [0, 0.05) is 38.7 Å². The lowest BCUT2D eigenvalue weighted by molar-refractivity contribution is 0.471. The Balaban J connectivity index is 1.21. The lowest BCUT2D eigenvalue weighted by atomic mass is 9.73. The number of nitrogens with zero attached hydrogens (tertiary/aromatic N) is 3. The fraction of sp³-hybridized carbons (Fsp3) is 0.0784. The van der Waals surface area contributed by atoms with Crippen molar-refractivity contribution in [1.29, 1.82) is 0 Å². The molecule has 4 heteroatoms. The Morgan fingerprint density at radius 3 is 2.00 bits per heavy atom. The molecule has 7 aromatic carbocycles. The molecule has 0 N–H and O–H groups in total. The number of ether oxygens (including phenoxy) is 1. The topological polar surface area (TPSA) is 29.8 Å². The standard InChI is InChI=1S/C51H39N3O/c1-33(35-18-8-5-9-19-35)50-49(52-34(2)36-20-10-6-11-21-36)41-30-38(28-29-48(41)55-50)54-44-26-16-14-24-39(44)40-31-47-43(32-46(40)54)51(3,4)42-25-15-17-27-45(42)53(47)37-22-12-7-13-23-37/h5-32H,2H2,1,3-4H3/b50-33-,52-49?. The molecule has 1 aromatic heterocycles. The van der Waals surface area contributed by atoms with Gasteiger partial charge in [0.25, 0.3) is 0 Å². The first-order valence-corrected chi connectivity index (χ1v) is 18.8. The molecule has 2 aliphatic heterocycles. The highest BCUT2D eigenvalue weighted by atomic mass is 16.5. The van der Waals surface area contributed by atoms with Gasteiger partial charge in [0.05, 0.1) is 28.1 Å². The third kappa shape index (κ3) is 5.17. The van der Waals surface area contributed by atoms with Crippen molar-refractivity contribution in [3.05, 3.63) is 210 Å². The molecule has 8 aromatic rings. The lowest BCUT2D eigenvalue weighted by Crippen LogP contribution is -2.30. The molecule has 0 aliphatic carbocycles. The molecule has 264 valence electrons. The van der Waals surface area contributed by atoms with Crippen molar-refractivity contribution in [3.63, 3.8) is 0 Å². The summed E-state index contributed by atoms with van der Waals surface area (Å²) < 4.78 is 9.11. The molecular formula is C51H39N3O. The van der Waals surface area contributed by atoms with E-state index in [0.717, 1.165) is 61.9 Å². The van der Waals surface area contributed by atoms with Gasteiger partial charge < -0.3 is 14.2 Å². The molecule has 2 aliphatic rings. The second-order valence-corrected chi connectivity index (χ2v) is 14.9. The lowest BCUT2D eigenvalue weighted by Gasteiger charge is -2.42. The summed E-state index contributed by atoms with van der Waals surface area (Å²) in [6.45, 7) is 11.2. The van der Waals surface area contributed by atoms with Crippen LogP contribution in [0.1, 0.15) is 48.6 Å². The summed E-state index contributed by atoms with van der Waals surface area (Å²) >= 11 is 0. The summed E-state index contributed by atoms with van der Waals surface area (Å²) in [4.78, 5) is 7.65. The van der Waals surface area contributed by atoms with Crippen LogP contribution in [0.25, 0.3) is 38.8 Å². The van der Waals surface area contributed by atoms with E-state index in [1.54, 1.807) is 0 Å². The van der Waals surface area contributed by atoms with Crippen LogP contribution in [0.4, 0.5) is 17.1 Å². The number of hydrogen-bond donors (Lipinski definition) is 0. The quantitative estimate of drug-likeness (QED) is 0.178. The molecule has 10 rings (SSSR count). The van der Waals surface area contributed by atoms with Crippen LogP contribution in [-0.4, -0.2) is 10.3 Å². The molecule has 0 amide bonds. The van der Waals surface area contributed by atoms with E-state index in [0.29, 0.717) is 5.70 Å². The largest absolute Gasteiger partial charge is 0.454 e. The van der Waals surface area contributed by atoms with Crippen LogP contribution in [0.15, 0.2) is 187 Å². The van der Waals surface area contributed by atoms with Gasteiger partial charge >= 0.3 is 0 Å². The molecule has 3 heterocycles. The Bertz CT molecular complexity index is 2880. The van der Waals surface area contributed by atoms with E-state index < -0.39 is 0 Å². The highest BCUT2D eigenvalue weighted by Gasteiger charge is 2.38. The van der Waals surface area contributed by atoms with Gasteiger partial charge in [-0.05, 0) is 83.8 Å². The molecule has 0 saturated carbocycles. The van der Waals surface area contributed by atoms with Crippen molar-refractivity contribution >= 4 is 55.8 Å². The minimum Gasteiger partial charge on any atom is -0.454 e. The van der Waals surface area contributed by atoms with Crippen LogP contribution in [-0.2, 0) is 5.41 Å². The van der Waals surface area contributed by atoms with Crippen molar-refractivity contribution in [2.45, 2.75) is 26.2 Å².